The molecule has 1 amide bonds. The molecule has 0 radical (unpaired) electrons. The molecule has 0 saturated carbocycles. The Bertz CT molecular complexity index is 1110. The number of aryl methyl sites for hydroxylation is 1. The van der Waals surface area contributed by atoms with Crippen molar-refractivity contribution in [2.24, 2.45) is 0 Å². The van der Waals surface area contributed by atoms with Gasteiger partial charge in [0.05, 0.1) is 22.6 Å². The monoisotopic (exact) mass is 489 g/mol. The normalized spacial score (nSPS) is 11.3. The molecule has 0 aliphatic rings. The number of amides is 1. The Kier molecular flexibility index (Phi) is 8.44. The first-order valence-electron chi connectivity index (χ1n) is 9.41. The lowest BCUT2D eigenvalue weighted by molar-refractivity contribution is -0.119. The second-order valence-electron chi connectivity index (χ2n) is 6.38. The molecule has 32 heavy (non-hydrogen) atoms. The van der Waals surface area contributed by atoms with Gasteiger partial charge < -0.3 is 14.8 Å². The number of carbonyl (C=O) groups excluding carboxylic acids is 3. The van der Waals surface area contributed by atoms with Crippen molar-refractivity contribution in [3.8, 4) is 0 Å². The van der Waals surface area contributed by atoms with Crippen LogP contribution >= 0.6 is 11.3 Å². The number of ether oxygens (including phenoxy) is 2. The molecule has 0 spiro atoms. The van der Waals surface area contributed by atoms with Gasteiger partial charge in [-0.15, -0.1) is 11.3 Å². The number of esters is 2. The van der Waals surface area contributed by atoms with E-state index in [2.05, 4.69) is 5.32 Å². The Balaban J connectivity index is 2.06. The molecule has 0 bridgehead atoms. The van der Waals surface area contributed by atoms with Crippen molar-refractivity contribution in [1.29, 1.82) is 0 Å². The second kappa shape index (κ2) is 10.6. The maximum Gasteiger partial charge on any atom is 0.341 e. The van der Waals surface area contributed by atoms with Crippen molar-refractivity contribution in [3.63, 3.8) is 0 Å². The summed E-state index contributed by atoms with van der Waals surface area (Å²) in [5, 5.41) is 2.81. The summed E-state index contributed by atoms with van der Waals surface area (Å²) in [6.07, 6.45) is 0.644. The predicted molar refractivity (Wildman–Crippen MR) is 113 cm³/mol. The van der Waals surface area contributed by atoms with E-state index in [-0.39, 0.29) is 22.7 Å². The molecular formula is C20H21F2NO7S2. The first kappa shape index (κ1) is 25.4. The lowest BCUT2D eigenvalue weighted by atomic mass is 10.1. The molecule has 1 aromatic heterocycles. The topological polar surface area (TPSA) is 116 Å². The van der Waals surface area contributed by atoms with Crippen LogP contribution in [0.1, 0.15) is 45.0 Å². The Morgan fingerprint density at radius 2 is 1.69 bits per heavy atom. The summed E-state index contributed by atoms with van der Waals surface area (Å²) in [5.41, 5.74) is 0.810. The van der Waals surface area contributed by atoms with Crippen molar-refractivity contribution in [2.75, 3.05) is 18.5 Å². The molecule has 2 aromatic rings. The van der Waals surface area contributed by atoms with Crippen LogP contribution in [0.25, 0.3) is 0 Å². The van der Waals surface area contributed by atoms with Gasteiger partial charge in [-0.25, -0.2) is 18.0 Å². The minimum absolute atomic E-state index is 0.126. The summed E-state index contributed by atoms with van der Waals surface area (Å²) >= 11 is 1.21. The highest BCUT2D eigenvalue weighted by Crippen LogP contribution is 2.34. The number of thiophene rings is 1. The molecule has 12 heteroatoms. The van der Waals surface area contributed by atoms with Crippen LogP contribution in [0.2, 0.25) is 0 Å². The van der Waals surface area contributed by atoms with Crippen molar-refractivity contribution < 1.29 is 41.1 Å². The van der Waals surface area contributed by atoms with Gasteiger partial charge in [-0.1, -0.05) is 6.92 Å². The summed E-state index contributed by atoms with van der Waals surface area (Å²) in [4.78, 5) is 36.8. The molecule has 0 fully saturated rings. The number of alkyl halides is 2. The van der Waals surface area contributed by atoms with Gasteiger partial charge in [0.2, 0.25) is 9.84 Å². The standard InChI is InChI=1S/C20H21F2NO7S2/c1-4-14-11(3)16(19(26)29-5-2)17(31-14)23-15(24)10-30-18(25)12-6-8-13(9-7-12)32(27,28)20(21)22/h6-9,20H,4-5,10H2,1-3H3,(H,23,24). The Hall–Kier alpha value is -2.86. The maximum absolute atomic E-state index is 12.6. The number of hydrogen-bond acceptors (Lipinski definition) is 8. The van der Waals surface area contributed by atoms with Crippen LogP contribution in [-0.2, 0) is 30.5 Å². The molecule has 2 rings (SSSR count). The lowest BCUT2D eigenvalue weighted by Crippen LogP contribution is -2.22. The number of benzene rings is 1. The highest BCUT2D eigenvalue weighted by Gasteiger charge is 2.27. The molecule has 0 saturated heterocycles. The molecule has 0 atom stereocenters. The summed E-state index contributed by atoms with van der Waals surface area (Å²) in [6.45, 7) is 4.79. The van der Waals surface area contributed by atoms with E-state index in [0.717, 1.165) is 29.1 Å². The van der Waals surface area contributed by atoms with E-state index < -0.39 is 44.9 Å². The Morgan fingerprint density at radius 3 is 2.22 bits per heavy atom. The van der Waals surface area contributed by atoms with Gasteiger partial charge in [0.15, 0.2) is 6.61 Å². The van der Waals surface area contributed by atoms with Gasteiger partial charge in [-0.2, -0.15) is 8.78 Å². The molecule has 174 valence electrons. The smallest absolute Gasteiger partial charge is 0.341 e. The average molecular weight is 490 g/mol. The summed E-state index contributed by atoms with van der Waals surface area (Å²) in [5.74, 6) is -5.82. The van der Waals surface area contributed by atoms with Crippen LogP contribution in [0.3, 0.4) is 0 Å². The van der Waals surface area contributed by atoms with Gasteiger partial charge in [0.25, 0.3) is 5.91 Å². The van der Waals surface area contributed by atoms with E-state index in [1.54, 1.807) is 13.8 Å². The number of hydrogen-bond donors (Lipinski definition) is 1. The summed E-state index contributed by atoms with van der Waals surface area (Å²) in [7, 11) is -4.79. The van der Waals surface area contributed by atoms with Crippen LogP contribution in [-0.4, -0.2) is 45.2 Å². The van der Waals surface area contributed by atoms with Crippen molar-refractivity contribution in [3.05, 3.63) is 45.8 Å². The van der Waals surface area contributed by atoms with E-state index in [9.17, 15) is 31.6 Å². The van der Waals surface area contributed by atoms with Crippen LogP contribution in [0.15, 0.2) is 29.2 Å². The van der Waals surface area contributed by atoms with E-state index in [0.29, 0.717) is 12.0 Å². The number of rotatable bonds is 9. The third-order valence-electron chi connectivity index (χ3n) is 4.29. The van der Waals surface area contributed by atoms with Crippen LogP contribution in [0.4, 0.5) is 13.8 Å². The van der Waals surface area contributed by atoms with Gasteiger partial charge in [-0.3, -0.25) is 4.79 Å². The Labute approximate surface area is 187 Å². The van der Waals surface area contributed by atoms with Crippen LogP contribution < -0.4 is 5.32 Å². The molecule has 0 aliphatic heterocycles. The zero-order valence-electron chi connectivity index (χ0n) is 17.4. The molecule has 0 aliphatic carbocycles. The number of carbonyl (C=O) groups is 3. The minimum atomic E-state index is -4.79. The summed E-state index contributed by atoms with van der Waals surface area (Å²) < 4.78 is 57.9. The van der Waals surface area contributed by atoms with E-state index in [4.69, 9.17) is 9.47 Å². The van der Waals surface area contributed by atoms with Crippen molar-refractivity contribution >= 4 is 44.0 Å². The third-order valence-corrected chi connectivity index (χ3v) is 7.04. The first-order valence-corrected chi connectivity index (χ1v) is 11.8. The fourth-order valence-corrected chi connectivity index (χ4v) is 4.57. The number of sulfone groups is 1. The summed E-state index contributed by atoms with van der Waals surface area (Å²) in [6, 6.07) is 3.71. The van der Waals surface area contributed by atoms with Crippen LogP contribution in [0.5, 0.6) is 0 Å². The zero-order valence-corrected chi connectivity index (χ0v) is 19.1. The zero-order chi connectivity index (χ0) is 24.1. The SMILES string of the molecule is CCOC(=O)c1c(NC(=O)COC(=O)c2ccc(S(=O)(=O)C(F)F)cc2)sc(CC)c1C. The fraction of sp³-hybridized carbons (Fsp3) is 0.350. The minimum Gasteiger partial charge on any atom is -0.462 e. The molecule has 1 aromatic carbocycles. The van der Waals surface area contributed by atoms with E-state index in [1.807, 2.05) is 6.92 Å². The maximum atomic E-state index is 12.6. The highest BCUT2D eigenvalue weighted by atomic mass is 32.2. The van der Waals surface area contributed by atoms with Gasteiger partial charge in [0, 0.05) is 4.88 Å². The van der Waals surface area contributed by atoms with Crippen molar-refractivity contribution in [2.45, 2.75) is 37.8 Å². The second-order valence-corrected chi connectivity index (χ2v) is 9.41. The van der Waals surface area contributed by atoms with Gasteiger partial charge in [-0.05, 0) is 50.1 Å². The quantitative estimate of drug-likeness (QED) is 0.535. The number of nitrogens with one attached hydrogen (secondary N) is 1. The molecule has 1 heterocycles. The highest BCUT2D eigenvalue weighted by molar-refractivity contribution is 7.91. The van der Waals surface area contributed by atoms with E-state index in [1.165, 1.54) is 11.3 Å². The number of anilines is 1. The number of halogens is 2. The lowest BCUT2D eigenvalue weighted by Gasteiger charge is -2.08. The fourth-order valence-electron chi connectivity index (χ4n) is 2.70. The van der Waals surface area contributed by atoms with E-state index >= 15 is 0 Å². The first-order chi connectivity index (χ1) is 15.0. The third kappa shape index (κ3) is 5.68. The van der Waals surface area contributed by atoms with Crippen LogP contribution in [0, 0.1) is 6.92 Å². The largest absolute Gasteiger partial charge is 0.462 e. The Morgan fingerprint density at radius 1 is 1.06 bits per heavy atom. The van der Waals surface area contributed by atoms with Crippen molar-refractivity contribution in [1.82, 2.24) is 0 Å². The predicted octanol–water partition coefficient (Wildman–Crippen LogP) is 3.59. The molecular weight excluding hydrogens is 468 g/mol. The molecule has 1 N–H and O–H groups in total. The molecule has 8 nitrogen and oxygen atoms in total. The molecule has 0 unspecified atom stereocenters. The van der Waals surface area contributed by atoms with Gasteiger partial charge in [0.1, 0.15) is 5.00 Å². The average Bonchev–Trinajstić information content (AvgIpc) is 3.06. The van der Waals surface area contributed by atoms with Gasteiger partial charge >= 0.3 is 17.7 Å².